The molecule has 1 rings (SSSR count). The van der Waals surface area contributed by atoms with Crippen LogP contribution in [0.25, 0.3) is 0 Å². The van der Waals surface area contributed by atoms with Gasteiger partial charge in [0, 0.05) is 6.04 Å². The van der Waals surface area contributed by atoms with E-state index >= 15 is 0 Å². The summed E-state index contributed by atoms with van der Waals surface area (Å²) < 4.78 is 0. The predicted octanol–water partition coefficient (Wildman–Crippen LogP) is 0.768. The van der Waals surface area contributed by atoms with Gasteiger partial charge in [-0.1, -0.05) is 12.2 Å². The van der Waals surface area contributed by atoms with Crippen molar-refractivity contribution in [1.29, 1.82) is 0 Å². The number of carbonyl (C=O) groups is 1. The molecule has 0 aromatic carbocycles. The Bertz CT molecular complexity index is 177. The van der Waals surface area contributed by atoms with Gasteiger partial charge in [-0.25, -0.2) is 0 Å². The molecule has 0 saturated carbocycles. The Hall–Kier alpha value is -0.830. The second kappa shape index (κ2) is 3.53. The summed E-state index contributed by atoms with van der Waals surface area (Å²) >= 11 is 0. The molecule has 0 bridgehead atoms. The summed E-state index contributed by atoms with van der Waals surface area (Å²) in [6.45, 7) is 1.66. The van der Waals surface area contributed by atoms with Gasteiger partial charge in [-0.3, -0.25) is 10.1 Å². The van der Waals surface area contributed by atoms with Gasteiger partial charge in [0.25, 0.3) is 0 Å². The van der Waals surface area contributed by atoms with E-state index in [1.165, 1.54) is 0 Å². The molecule has 3 heteroatoms. The van der Waals surface area contributed by atoms with Crippen LogP contribution in [0.5, 0.6) is 0 Å². The average Bonchev–Trinajstić information content (AvgIpc) is 2.39. The van der Waals surface area contributed by atoms with Gasteiger partial charge in [-0.2, -0.15) is 0 Å². The van der Waals surface area contributed by atoms with Crippen LogP contribution in [0, 0.1) is 0 Å². The van der Waals surface area contributed by atoms with Gasteiger partial charge in [0.05, 0.1) is 0 Å². The third kappa shape index (κ3) is 2.35. The molecule has 3 nitrogen and oxygen atoms in total. The second-order valence-electron chi connectivity index (χ2n) is 2.84. The molecule has 2 N–H and O–H groups in total. The number of aliphatic carboxylic acids is 1. The molecule has 11 heavy (non-hydrogen) atoms. The number of allylic oxidation sites excluding steroid dienone is 1. The first kappa shape index (κ1) is 8.27. The van der Waals surface area contributed by atoms with Crippen LogP contribution in [0.3, 0.4) is 0 Å². The van der Waals surface area contributed by atoms with E-state index in [0.29, 0.717) is 0 Å². The van der Waals surface area contributed by atoms with E-state index in [9.17, 15) is 4.79 Å². The Morgan fingerprint density at radius 2 is 2.55 bits per heavy atom. The minimum atomic E-state index is -0.787. The van der Waals surface area contributed by atoms with Crippen molar-refractivity contribution in [2.75, 3.05) is 0 Å². The van der Waals surface area contributed by atoms with E-state index in [0.717, 1.165) is 12.8 Å². The zero-order valence-corrected chi connectivity index (χ0v) is 6.58. The van der Waals surface area contributed by atoms with Crippen molar-refractivity contribution in [2.24, 2.45) is 0 Å². The quantitative estimate of drug-likeness (QED) is 0.592. The number of hydrogen-bond acceptors (Lipinski definition) is 2. The molecule has 0 saturated heterocycles. The molecule has 1 aliphatic carbocycles. The van der Waals surface area contributed by atoms with Crippen molar-refractivity contribution in [3.8, 4) is 0 Å². The van der Waals surface area contributed by atoms with Crippen LogP contribution in [0.4, 0.5) is 0 Å². The number of rotatable bonds is 3. The fourth-order valence-corrected chi connectivity index (χ4v) is 1.16. The fraction of sp³-hybridized carbons (Fsp3) is 0.625. The number of hydrogen-bond donors (Lipinski definition) is 2. The molecule has 0 fully saturated rings. The summed E-state index contributed by atoms with van der Waals surface area (Å²) in [6, 6.07) is -0.177. The van der Waals surface area contributed by atoms with Gasteiger partial charge in [0.15, 0.2) is 0 Å². The lowest BCUT2D eigenvalue weighted by Gasteiger charge is -2.13. The van der Waals surface area contributed by atoms with Gasteiger partial charge in [0.1, 0.15) is 6.04 Å². The summed E-state index contributed by atoms with van der Waals surface area (Å²) in [7, 11) is 0. The third-order valence-corrected chi connectivity index (χ3v) is 1.85. The highest BCUT2D eigenvalue weighted by atomic mass is 16.4. The predicted molar refractivity (Wildman–Crippen MR) is 42.4 cm³/mol. The topological polar surface area (TPSA) is 49.3 Å². The maximum atomic E-state index is 10.4. The zero-order valence-electron chi connectivity index (χ0n) is 6.58. The van der Waals surface area contributed by atoms with E-state index in [2.05, 4.69) is 11.4 Å². The molecular weight excluding hydrogens is 142 g/mol. The zero-order chi connectivity index (χ0) is 8.27. The maximum Gasteiger partial charge on any atom is 0.320 e. The Labute approximate surface area is 66.1 Å². The van der Waals surface area contributed by atoms with Crippen molar-refractivity contribution in [1.82, 2.24) is 5.32 Å². The van der Waals surface area contributed by atoms with E-state index < -0.39 is 12.0 Å². The Morgan fingerprint density at radius 1 is 1.82 bits per heavy atom. The number of nitrogens with one attached hydrogen (secondary N) is 1. The van der Waals surface area contributed by atoms with Crippen LogP contribution in [0.1, 0.15) is 19.8 Å². The van der Waals surface area contributed by atoms with Crippen molar-refractivity contribution >= 4 is 5.97 Å². The standard InChI is InChI=1S/C8H13NO2/c1-6(8(10)11)9-7-4-2-3-5-7/h2,4,6-7,9H,3,5H2,1H3,(H,10,11)/t6-,7?/m0/s1. The van der Waals surface area contributed by atoms with Crippen molar-refractivity contribution in [3.63, 3.8) is 0 Å². The van der Waals surface area contributed by atoms with Gasteiger partial charge in [0.2, 0.25) is 0 Å². The van der Waals surface area contributed by atoms with Gasteiger partial charge in [-0.15, -0.1) is 0 Å². The SMILES string of the molecule is C[C@H](NC1C=CCC1)C(=O)O. The normalized spacial score (nSPS) is 25.4. The Kier molecular flexibility index (Phi) is 2.65. The summed E-state index contributed by atoms with van der Waals surface area (Å²) in [5, 5.41) is 11.5. The highest BCUT2D eigenvalue weighted by Crippen LogP contribution is 2.09. The van der Waals surface area contributed by atoms with E-state index in [-0.39, 0.29) is 6.04 Å². The lowest BCUT2D eigenvalue weighted by atomic mass is 10.2. The first-order chi connectivity index (χ1) is 5.20. The van der Waals surface area contributed by atoms with Crippen molar-refractivity contribution < 1.29 is 9.90 Å². The summed E-state index contributed by atoms with van der Waals surface area (Å²) in [5.41, 5.74) is 0. The molecule has 1 unspecified atom stereocenters. The molecule has 0 aromatic rings. The van der Waals surface area contributed by atoms with Crippen molar-refractivity contribution in [3.05, 3.63) is 12.2 Å². The summed E-state index contributed by atoms with van der Waals surface area (Å²) in [6.07, 6.45) is 6.19. The van der Waals surface area contributed by atoms with Crippen LogP contribution < -0.4 is 5.32 Å². The molecule has 0 radical (unpaired) electrons. The van der Waals surface area contributed by atoms with E-state index in [4.69, 9.17) is 5.11 Å². The highest BCUT2D eigenvalue weighted by molar-refractivity contribution is 5.72. The lowest BCUT2D eigenvalue weighted by Crippen LogP contribution is -2.39. The minimum Gasteiger partial charge on any atom is -0.480 e. The van der Waals surface area contributed by atoms with Crippen LogP contribution in [0.2, 0.25) is 0 Å². The summed E-state index contributed by atoms with van der Waals surface area (Å²) in [5.74, 6) is -0.787. The van der Waals surface area contributed by atoms with Crippen LogP contribution in [0.15, 0.2) is 12.2 Å². The molecule has 62 valence electrons. The second-order valence-corrected chi connectivity index (χ2v) is 2.84. The monoisotopic (exact) mass is 155 g/mol. The average molecular weight is 155 g/mol. The van der Waals surface area contributed by atoms with Gasteiger partial charge < -0.3 is 5.11 Å². The maximum absolute atomic E-state index is 10.4. The minimum absolute atomic E-state index is 0.265. The number of carboxylic acids is 1. The van der Waals surface area contributed by atoms with E-state index in [1.807, 2.05) is 6.08 Å². The third-order valence-electron chi connectivity index (χ3n) is 1.85. The Morgan fingerprint density at radius 3 is 3.00 bits per heavy atom. The molecular formula is C8H13NO2. The highest BCUT2D eigenvalue weighted by Gasteiger charge is 2.16. The summed E-state index contributed by atoms with van der Waals surface area (Å²) in [4.78, 5) is 10.4. The van der Waals surface area contributed by atoms with Crippen LogP contribution in [-0.4, -0.2) is 23.2 Å². The largest absolute Gasteiger partial charge is 0.480 e. The fourth-order valence-electron chi connectivity index (χ4n) is 1.16. The van der Waals surface area contributed by atoms with Crippen molar-refractivity contribution in [2.45, 2.75) is 31.8 Å². The number of carboxylic acid groups (broad SMARTS) is 1. The molecule has 0 aromatic heterocycles. The molecule has 0 spiro atoms. The smallest absolute Gasteiger partial charge is 0.320 e. The van der Waals surface area contributed by atoms with Gasteiger partial charge in [-0.05, 0) is 19.8 Å². The van der Waals surface area contributed by atoms with Crippen LogP contribution >= 0.6 is 0 Å². The van der Waals surface area contributed by atoms with Crippen LogP contribution in [-0.2, 0) is 4.79 Å². The van der Waals surface area contributed by atoms with E-state index in [1.54, 1.807) is 6.92 Å². The van der Waals surface area contributed by atoms with Gasteiger partial charge >= 0.3 is 5.97 Å². The molecule has 0 heterocycles. The Balaban J connectivity index is 2.29. The first-order valence-corrected chi connectivity index (χ1v) is 3.85. The molecule has 0 amide bonds. The lowest BCUT2D eigenvalue weighted by molar-refractivity contribution is -0.139. The molecule has 2 atom stereocenters. The molecule has 0 aliphatic heterocycles. The first-order valence-electron chi connectivity index (χ1n) is 3.85. The molecule has 1 aliphatic rings.